The molecule has 0 aliphatic heterocycles. The molecule has 0 radical (unpaired) electrons. The van der Waals surface area contributed by atoms with E-state index in [0.717, 1.165) is 23.2 Å². The maximum Gasteiger partial charge on any atom is 0.293 e. The number of hydrogen-bond donors (Lipinski definition) is 2. The van der Waals surface area contributed by atoms with Crippen LogP contribution in [0, 0.1) is 0 Å². The van der Waals surface area contributed by atoms with E-state index in [-0.39, 0.29) is 11.7 Å². The van der Waals surface area contributed by atoms with E-state index in [1.54, 1.807) is 23.9 Å². The van der Waals surface area contributed by atoms with Crippen LogP contribution >= 0.6 is 11.8 Å². The molecule has 0 atom stereocenters. The van der Waals surface area contributed by atoms with Crippen molar-refractivity contribution in [2.24, 2.45) is 0 Å². The molecular formula is C15H15N3O2S. The van der Waals surface area contributed by atoms with Crippen LogP contribution in [0.1, 0.15) is 23.9 Å². The normalized spacial score (nSPS) is 10.9. The minimum atomic E-state index is -0.320. The summed E-state index contributed by atoms with van der Waals surface area (Å²) in [6.45, 7) is 2.16. The lowest BCUT2D eigenvalue weighted by Gasteiger charge is -1.98. The fourth-order valence-electron chi connectivity index (χ4n) is 1.93. The summed E-state index contributed by atoms with van der Waals surface area (Å²) in [4.78, 5) is 20.5. The number of anilines is 1. The lowest BCUT2D eigenvalue weighted by molar-refractivity contribution is 0.0996. The highest BCUT2D eigenvalue weighted by molar-refractivity contribution is 7.99. The Hall–Kier alpha value is -2.21. The topological polar surface area (TPSA) is 70.9 Å². The van der Waals surface area contributed by atoms with Crippen molar-refractivity contribution >= 4 is 34.7 Å². The second-order valence-corrected chi connectivity index (χ2v) is 5.71. The highest BCUT2D eigenvalue weighted by Crippen LogP contribution is 2.24. The van der Waals surface area contributed by atoms with Crippen LogP contribution in [0.4, 0.5) is 5.95 Å². The van der Waals surface area contributed by atoms with Crippen molar-refractivity contribution in [3.63, 3.8) is 0 Å². The van der Waals surface area contributed by atoms with E-state index in [2.05, 4.69) is 22.2 Å². The number of aromatic nitrogens is 2. The number of fused-ring (bicyclic) bond motifs is 1. The number of nitrogens with one attached hydrogen (secondary N) is 2. The molecule has 0 saturated carbocycles. The maximum atomic E-state index is 11.9. The second kappa shape index (κ2) is 6.05. The fourth-order valence-corrected chi connectivity index (χ4v) is 2.74. The SMILES string of the molecule is CCCSc1ccc2nc(NC(=O)c3ccco3)[nH]c2c1. The molecule has 0 fully saturated rings. The minimum absolute atomic E-state index is 0.259. The predicted octanol–water partition coefficient (Wildman–Crippen LogP) is 3.91. The molecule has 1 aromatic carbocycles. The van der Waals surface area contributed by atoms with Gasteiger partial charge in [-0.1, -0.05) is 6.92 Å². The first-order valence-corrected chi connectivity index (χ1v) is 7.72. The quantitative estimate of drug-likeness (QED) is 0.701. The van der Waals surface area contributed by atoms with E-state index in [9.17, 15) is 4.79 Å². The van der Waals surface area contributed by atoms with Gasteiger partial charge in [0.1, 0.15) is 0 Å². The molecule has 2 aromatic heterocycles. The van der Waals surface area contributed by atoms with E-state index in [1.807, 2.05) is 18.2 Å². The van der Waals surface area contributed by atoms with Crippen molar-refractivity contribution in [3.05, 3.63) is 42.4 Å². The third-order valence-corrected chi connectivity index (χ3v) is 4.10. The molecule has 2 N–H and O–H groups in total. The molecule has 0 bridgehead atoms. The number of nitrogens with zero attached hydrogens (tertiary/aromatic N) is 1. The zero-order valence-electron chi connectivity index (χ0n) is 11.6. The molecule has 1 amide bonds. The summed E-state index contributed by atoms with van der Waals surface area (Å²) in [6, 6.07) is 9.32. The number of rotatable bonds is 5. The van der Waals surface area contributed by atoms with Crippen LogP contribution in [0.2, 0.25) is 0 Å². The van der Waals surface area contributed by atoms with Crippen molar-refractivity contribution < 1.29 is 9.21 Å². The number of benzene rings is 1. The Morgan fingerprint density at radius 2 is 2.33 bits per heavy atom. The number of imidazole rings is 1. The molecule has 0 spiro atoms. The molecule has 2 heterocycles. The third-order valence-electron chi connectivity index (χ3n) is 2.90. The van der Waals surface area contributed by atoms with Crippen LogP contribution in [-0.4, -0.2) is 21.6 Å². The Morgan fingerprint density at radius 3 is 3.10 bits per heavy atom. The molecule has 0 unspecified atom stereocenters. The molecule has 0 aliphatic carbocycles. The Balaban J connectivity index is 1.79. The van der Waals surface area contributed by atoms with Crippen molar-refractivity contribution in [1.82, 2.24) is 9.97 Å². The lowest BCUT2D eigenvalue weighted by Crippen LogP contribution is -2.11. The fraction of sp³-hybridized carbons (Fsp3) is 0.200. The van der Waals surface area contributed by atoms with Gasteiger partial charge in [0.15, 0.2) is 5.76 Å². The highest BCUT2D eigenvalue weighted by atomic mass is 32.2. The van der Waals surface area contributed by atoms with Gasteiger partial charge in [-0.15, -0.1) is 11.8 Å². The summed E-state index contributed by atoms with van der Waals surface area (Å²) in [5, 5.41) is 2.69. The summed E-state index contributed by atoms with van der Waals surface area (Å²) in [5.74, 6) is 1.44. The van der Waals surface area contributed by atoms with E-state index < -0.39 is 0 Å². The van der Waals surface area contributed by atoms with Gasteiger partial charge in [-0.3, -0.25) is 10.1 Å². The van der Waals surface area contributed by atoms with Crippen molar-refractivity contribution in [1.29, 1.82) is 0 Å². The van der Waals surface area contributed by atoms with Gasteiger partial charge in [0, 0.05) is 4.90 Å². The number of H-pyrrole nitrogens is 1. The monoisotopic (exact) mass is 301 g/mol. The molecule has 6 heteroatoms. The third kappa shape index (κ3) is 3.11. The average molecular weight is 301 g/mol. The van der Waals surface area contributed by atoms with Crippen LogP contribution in [-0.2, 0) is 0 Å². The first-order chi connectivity index (χ1) is 10.3. The number of amides is 1. The van der Waals surface area contributed by atoms with E-state index in [4.69, 9.17) is 4.42 Å². The molecule has 3 aromatic rings. The standard InChI is InChI=1S/C15H15N3O2S/c1-2-8-21-10-5-6-11-12(9-10)17-15(16-11)18-14(19)13-4-3-7-20-13/h3-7,9H,2,8H2,1H3,(H2,16,17,18,19). The smallest absolute Gasteiger partial charge is 0.293 e. The van der Waals surface area contributed by atoms with Gasteiger partial charge in [0.05, 0.1) is 17.3 Å². The summed E-state index contributed by atoms with van der Waals surface area (Å²) >= 11 is 1.81. The first kappa shape index (κ1) is 13.8. The zero-order chi connectivity index (χ0) is 14.7. The van der Waals surface area contributed by atoms with Crippen LogP contribution in [0.5, 0.6) is 0 Å². The van der Waals surface area contributed by atoms with Crippen LogP contribution in [0.3, 0.4) is 0 Å². The first-order valence-electron chi connectivity index (χ1n) is 6.73. The predicted molar refractivity (Wildman–Crippen MR) is 83.8 cm³/mol. The van der Waals surface area contributed by atoms with E-state index >= 15 is 0 Å². The van der Waals surface area contributed by atoms with Crippen molar-refractivity contribution in [3.8, 4) is 0 Å². The van der Waals surface area contributed by atoms with Gasteiger partial charge in [0.25, 0.3) is 5.91 Å². The summed E-state index contributed by atoms with van der Waals surface area (Å²) in [7, 11) is 0. The van der Waals surface area contributed by atoms with Gasteiger partial charge in [-0.05, 0) is 42.5 Å². The Morgan fingerprint density at radius 1 is 1.43 bits per heavy atom. The number of furan rings is 1. The molecule has 21 heavy (non-hydrogen) atoms. The van der Waals surface area contributed by atoms with E-state index in [1.165, 1.54) is 11.2 Å². The summed E-state index contributed by atoms with van der Waals surface area (Å²) < 4.78 is 5.05. The van der Waals surface area contributed by atoms with Gasteiger partial charge in [-0.25, -0.2) is 4.98 Å². The van der Waals surface area contributed by atoms with Gasteiger partial charge < -0.3 is 9.40 Å². The average Bonchev–Trinajstić information content (AvgIpc) is 3.13. The molecule has 0 aliphatic rings. The van der Waals surface area contributed by atoms with Crippen LogP contribution in [0.15, 0.2) is 45.9 Å². The van der Waals surface area contributed by atoms with Gasteiger partial charge in [-0.2, -0.15) is 0 Å². The molecule has 5 nitrogen and oxygen atoms in total. The number of carbonyl (C=O) groups excluding carboxylic acids is 1. The zero-order valence-corrected chi connectivity index (χ0v) is 12.4. The number of thioether (sulfide) groups is 1. The van der Waals surface area contributed by atoms with Gasteiger partial charge >= 0.3 is 0 Å². The minimum Gasteiger partial charge on any atom is -0.459 e. The lowest BCUT2D eigenvalue weighted by atomic mass is 10.3. The number of aromatic amines is 1. The second-order valence-electron chi connectivity index (χ2n) is 4.54. The maximum absolute atomic E-state index is 11.9. The van der Waals surface area contributed by atoms with Crippen LogP contribution in [0.25, 0.3) is 11.0 Å². The van der Waals surface area contributed by atoms with Crippen LogP contribution < -0.4 is 5.32 Å². The van der Waals surface area contributed by atoms with Gasteiger partial charge in [0.2, 0.25) is 5.95 Å². The van der Waals surface area contributed by atoms with Crippen molar-refractivity contribution in [2.45, 2.75) is 18.2 Å². The largest absolute Gasteiger partial charge is 0.459 e. The Labute approximate surface area is 126 Å². The molecule has 108 valence electrons. The summed E-state index contributed by atoms with van der Waals surface area (Å²) in [6.07, 6.45) is 2.60. The van der Waals surface area contributed by atoms with E-state index in [0.29, 0.717) is 5.95 Å². The molecule has 3 rings (SSSR count). The summed E-state index contributed by atoms with van der Waals surface area (Å²) in [5.41, 5.74) is 1.73. The Kier molecular flexibility index (Phi) is 3.96. The highest BCUT2D eigenvalue weighted by Gasteiger charge is 2.11. The number of carbonyl (C=O) groups is 1. The molecular weight excluding hydrogens is 286 g/mol. The number of hydrogen-bond acceptors (Lipinski definition) is 4. The Bertz CT molecular complexity index is 749. The van der Waals surface area contributed by atoms with Crippen molar-refractivity contribution in [2.75, 3.05) is 11.1 Å². The molecule has 0 saturated heterocycles.